The van der Waals surface area contributed by atoms with Gasteiger partial charge < -0.3 is 18.8 Å². The number of carbonyl (C=O) groups is 2. The standard InChI is InChI=1S/C23H17FN2O5/c1-29-22(27)17-8-3-4-11-26(20(17)23(28)30-2)16-9-10-19-18(13-16)25-21(31-19)14-6-5-7-15(24)12-14/h3-13H,1-2H3. The van der Waals surface area contributed by atoms with E-state index in [9.17, 15) is 14.0 Å². The third-order valence-electron chi connectivity index (χ3n) is 4.61. The SMILES string of the molecule is COC(=O)C1=C(C(=O)OC)N(c2ccc3oc(-c4cccc(F)c4)nc3c2)C=CC=C1. The molecule has 0 atom stereocenters. The third kappa shape index (κ3) is 3.83. The van der Waals surface area contributed by atoms with Crippen molar-refractivity contribution in [3.05, 3.63) is 84.0 Å². The number of hydrogen-bond acceptors (Lipinski definition) is 7. The molecule has 2 aromatic carbocycles. The second kappa shape index (κ2) is 8.27. The molecular formula is C23H17FN2O5. The Morgan fingerprint density at radius 2 is 1.84 bits per heavy atom. The van der Waals surface area contributed by atoms with E-state index in [0.29, 0.717) is 22.4 Å². The fourth-order valence-electron chi connectivity index (χ4n) is 3.18. The molecule has 4 rings (SSSR count). The summed E-state index contributed by atoms with van der Waals surface area (Å²) >= 11 is 0. The number of carbonyl (C=O) groups excluding carboxylic acids is 2. The summed E-state index contributed by atoms with van der Waals surface area (Å²) in [7, 11) is 2.46. The summed E-state index contributed by atoms with van der Waals surface area (Å²) in [6.07, 6.45) is 6.38. The molecule has 0 spiro atoms. The number of benzene rings is 2. The number of halogens is 1. The van der Waals surface area contributed by atoms with Gasteiger partial charge in [0.1, 0.15) is 17.0 Å². The summed E-state index contributed by atoms with van der Waals surface area (Å²) in [5.41, 5.74) is 2.05. The lowest BCUT2D eigenvalue weighted by Gasteiger charge is -2.22. The van der Waals surface area contributed by atoms with Crippen molar-refractivity contribution in [2.75, 3.05) is 19.1 Å². The van der Waals surface area contributed by atoms with E-state index in [-0.39, 0.29) is 17.2 Å². The number of fused-ring (bicyclic) bond motifs is 1. The molecule has 1 aromatic heterocycles. The molecule has 0 saturated heterocycles. The van der Waals surface area contributed by atoms with Gasteiger partial charge >= 0.3 is 11.9 Å². The minimum absolute atomic E-state index is 0.00690. The molecule has 3 aromatic rings. The van der Waals surface area contributed by atoms with Crippen LogP contribution in [0.1, 0.15) is 0 Å². The summed E-state index contributed by atoms with van der Waals surface area (Å²) in [6, 6.07) is 11.0. The lowest BCUT2D eigenvalue weighted by molar-refractivity contribution is -0.139. The molecule has 2 heterocycles. The minimum atomic E-state index is -0.711. The van der Waals surface area contributed by atoms with Crippen LogP contribution in [0, 0.1) is 5.82 Å². The predicted molar refractivity (Wildman–Crippen MR) is 111 cm³/mol. The third-order valence-corrected chi connectivity index (χ3v) is 4.61. The number of oxazole rings is 1. The Balaban J connectivity index is 1.82. The summed E-state index contributed by atoms with van der Waals surface area (Å²) in [4.78, 5) is 30.8. The van der Waals surface area contributed by atoms with Crippen LogP contribution in [0.3, 0.4) is 0 Å². The van der Waals surface area contributed by atoms with Crippen molar-refractivity contribution in [2.45, 2.75) is 0 Å². The van der Waals surface area contributed by atoms with Gasteiger partial charge in [0.15, 0.2) is 5.58 Å². The molecule has 0 radical (unpaired) electrons. The van der Waals surface area contributed by atoms with Crippen molar-refractivity contribution in [3.63, 3.8) is 0 Å². The summed E-state index contributed by atoms with van der Waals surface area (Å²) in [5, 5.41) is 0. The Morgan fingerprint density at radius 1 is 1.03 bits per heavy atom. The van der Waals surface area contributed by atoms with Gasteiger partial charge in [-0.2, -0.15) is 0 Å². The van der Waals surface area contributed by atoms with Gasteiger partial charge in [-0.3, -0.25) is 0 Å². The molecule has 0 N–H and O–H groups in total. The number of hydrogen-bond donors (Lipinski definition) is 0. The topological polar surface area (TPSA) is 81.9 Å². The van der Waals surface area contributed by atoms with Gasteiger partial charge in [-0.05, 0) is 48.6 Å². The Labute approximate surface area is 176 Å². The summed E-state index contributed by atoms with van der Waals surface area (Å²) in [5.74, 6) is -1.52. The van der Waals surface area contributed by atoms with E-state index in [1.54, 1.807) is 48.7 Å². The van der Waals surface area contributed by atoms with E-state index in [0.717, 1.165) is 0 Å². The van der Waals surface area contributed by atoms with Gasteiger partial charge in [0.2, 0.25) is 5.89 Å². The Kier molecular flexibility index (Phi) is 5.36. The number of anilines is 1. The highest BCUT2D eigenvalue weighted by atomic mass is 19.1. The average Bonchev–Trinajstić information content (AvgIpc) is 3.09. The fraction of sp³-hybridized carbons (Fsp3) is 0.0870. The first-order chi connectivity index (χ1) is 15.0. The van der Waals surface area contributed by atoms with E-state index in [1.165, 1.54) is 37.3 Å². The van der Waals surface area contributed by atoms with Crippen LogP contribution in [0.25, 0.3) is 22.6 Å². The van der Waals surface area contributed by atoms with E-state index in [1.807, 2.05) is 0 Å². The maximum Gasteiger partial charge on any atom is 0.355 e. The van der Waals surface area contributed by atoms with Gasteiger partial charge in [-0.25, -0.2) is 19.0 Å². The summed E-state index contributed by atoms with van der Waals surface area (Å²) < 4.78 is 29.0. The van der Waals surface area contributed by atoms with Gasteiger partial charge in [0, 0.05) is 17.5 Å². The zero-order valence-electron chi connectivity index (χ0n) is 16.7. The molecule has 0 amide bonds. The first-order valence-electron chi connectivity index (χ1n) is 9.23. The minimum Gasteiger partial charge on any atom is -0.465 e. The van der Waals surface area contributed by atoms with E-state index < -0.39 is 17.8 Å². The highest BCUT2D eigenvalue weighted by Gasteiger charge is 2.27. The van der Waals surface area contributed by atoms with Crippen LogP contribution in [0.5, 0.6) is 0 Å². The molecule has 0 fully saturated rings. The van der Waals surface area contributed by atoms with Gasteiger partial charge in [-0.1, -0.05) is 12.1 Å². The first-order valence-corrected chi connectivity index (χ1v) is 9.23. The zero-order valence-corrected chi connectivity index (χ0v) is 16.7. The molecule has 0 unspecified atom stereocenters. The number of ether oxygens (including phenoxy) is 2. The van der Waals surface area contributed by atoms with Crippen molar-refractivity contribution in [3.8, 4) is 11.5 Å². The Bertz CT molecular complexity index is 1270. The number of allylic oxidation sites excluding steroid dienone is 2. The molecule has 1 aliphatic rings. The van der Waals surface area contributed by atoms with Gasteiger partial charge in [0.25, 0.3) is 0 Å². The molecule has 7 nitrogen and oxygen atoms in total. The second-order valence-corrected chi connectivity index (χ2v) is 6.50. The molecule has 31 heavy (non-hydrogen) atoms. The molecule has 156 valence electrons. The van der Waals surface area contributed by atoms with E-state index in [4.69, 9.17) is 13.9 Å². The Hall–Kier alpha value is -4.20. The smallest absolute Gasteiger partial charge is 0.355 e. The van der Waals surface area contributed by atoms with Gasteiger partial charge in [-0.15, -0.1) is 0 Å². The molecule has 0 aliphatic carbocycles. The second-order valence-electron chi connectivity index (χ2n) is 6.50. The Morgan fingerprint density at radius 3 is 2.58 bits per heavy atom. The van der Waals surface area contributed by atoms with Crippen LogP contribution in [0.15, 0.2) is 82.6 Å². The quantitative estimate of drug-likeness (QED) is 0.587. The normalized spacial score (nSPS) is 13.5. The molecule has 8 heteroatoms. The zero-order chi connectivity index (χ0) is 22.0. The number of rotatable bonds is 4. The lowest BCUT2D eigenvalue weighted by Crippen LogP contribution is -2.26. The maximum atomic E-state index is 13.6. The van der Waals surface area contributed by atoms with Gasteiger partial charge in [0.05, 0.1) is 19.8 Å². The first kappa shape index (κ1) is 20.1. The van der Waals surface area contributed by atoms with Crippen LogP contribution < -0.4 is 4.90 Å². The molecule has 0 bridgehead atoms. The van der Waals surface area contributed by atoms with Crippen LogP contribution >= 0.6 is 0 Å². The van der Waals surface area contributed by atoms with Crippen molar-refractivity contribution in [1.29, 1.82) is 0 Å². The lowest BCUT2D eigenvalue weighted by atomic mass is 10.1. The van der Waals surface area contributed by atoms with Crippen LogP contribution in [-0.2, 0) is 19.1 Å². The van der Waals surface area contributed by atoms with Crippen molar-refractivity contribution in [2.24, 2.45) is 0 Å². The molecule has 1 aliphatic heterocycles. The fourth-order valence-corrected chi connectivity index (χ4v) is 3.18. The van der Waals surface area contributed by atoms with Crippen molar-refractivity contribution >= 4 is 28.7 Å². The average molecular weight is 420 g/mol. The number of methoxy groups -OCH3 is 2. The van der Waals surface area contributed by atoms with Crippen LogP contribution in [-0.4, -0.2) is 31.1 Å². The monoisotopic (exact) mass is 420 g/mol. The summed E-state index contributed by atoms with van der Waals surface area (Å²) in [6.45, 7) is 0. The molecule has 0 saturated carbocycles. The number of esters is 2. The van der Waals surface area contributed by atoms with E-state index in [2.05, 4.69) is 4.98 Å². The van der Waals surface area contributed by atoms with E-state index >= 15 is 0 Å². The van der Waals surface area contributed by atoms with Crippen LogP contribution in [0.4, 0.5) is 10.1 Å². The predicted octanol–water partition coefficient (Wildman–Crippen LogP) is 4.12. The molecular weight excluding hydrogens is 403 g/mol. The largest absolute Gasteiger partial charge is 0.465 e. The number of aromatic nitrogens is 1. The van der Waals surface area contributed by atoms with Crippen LogP contribution in [0.2, 0.25) is 0 Å². The highest BCUT2D eigenvalue weighted by molar-refractivity contribution is 6.05. The number of nitrogens with zero attached hydrogens (tertiary/aromatic N) is 2. The van der Waals surface area contributed by atoms with Crippen molar-refractivity contribution in [1.82, 2.24) is 4.98 Å². The van der Waals surface area contributed by atoms with Crippen molar-refractivity contribution < 1.29 is 27.9 Å². The highest BCUT2D eigenvalue weighted by Crippen LogP contribution is 2.31. The maximum absolute atomic E-state index is 13.6.